The standard InChI is InChI=1S/C14H26N2O2/c1-11-7-9-16(12-5-3-4-6-12)13(8-10-17)14(18)15(11)2/h11-13,17H,3-10H2,1-2H3. The minimum Gasteiger partial charge on any atom is -0.396 e. The number of hydrogen-bond donors (Lipinski definition) is 1. The first-order valence-corrected chi connectivity index (χ1v) is 7.28. The van der Waals surface area contributed by atoms with Crippen LogP contribution in [0.1, 0.15) is 45.4 Å². The third kappa shape index (κ3) is 2.69. The summed E-state index contributed by atoms with van der Waals surface area (Å²) in [7, 11) is 1.90. The van der Waals surface area contributed by atoms with E-state index in [2.05, 4.69) is 11.8 Å². The van der Waals surface area contributed by atoms with Crippen LogP contribution in [0.5, 0.6) is 0 Å². The van der Waals surface area contributed by atoms with Crippen molar-refractivity contribution in [2.24, 2.45) is 0 Å². The van der Waals surface area contributed by atoms with Crippen molar-refractivity contribution < 1.29 is 9.90 Å². The van der Waals surface area contributed by atoms with E-state index in [1.165, 1.54) is 25.7 Å². The zero-order valence-electron chi connectivity index (χ0n) is 11.6. The Hall–Kier alpha value is -0.610. The van der Waals surface area contributed by atoms with Crippen molar-refractivity contribution >= 4 is 5.91 Å². The third-order valence-electron chi connectivity index (χ3n) is 4.70. The van der Waals surface area contributed by atoms with Gasteiger partial charge < -0.3 is 10.0 Å². The number of nitrogens with zero attached hydrogens (tertiary/aromatic N) is 2. The number of carbonyl (C=O) groups excluding carboxylic acids is 1. The quantitative estimate of drug-likeness (QED) is 0.824. The Labute approximate surface area is 110 Å². The number of hydrogen-bond acceptors (Lipinski definition) is 3. The van der Waals surface area contributed by atoms with Crippen molar-refractivity contribution in [2.45, 2.75) is 63.6 Å². The Morgan fingerprint density at radius 1 is 1.28 bits per heavy atom. The fraction of sp³-hybridized carbons (Fsp3) is 0.929. The van der Waals surface area contributed by atoms with Crippen LogP contribution in [0.15, 0.2) is 0 Å². The van der Waals surface area contributed by atoms with Crippen LogP contribution in [0.25, 0.3) is 0 Å². The lowest BCUT2D eigenvalue weighted by atomic mass is 10.1. The molecule has 2 fully saturated rings. The van der Waals surface area contributed by atoms with Gasteiger partial charge in [0.2, 0.25) is 5.91 Å². The Kier molecular flexibility index (Phi) is 4.62. The smallest absolute Gasteiger partial charge is 0.240 e. The summed E-state index contributed by atoms with van der Waals surface area (Å²) >= 11 is 0. The van der Waals surface area contributed by atoms with E-state index in [1.807, 2.05) is 11.9 Å². The monoisotopic (exact) mass is 254 g/mol. The van der Waals surface area contributed by atoms with Gasteiger partial charge in [0.1, 0.15) is 0 Å². The summed E-state index contributed by atoms with van der Waals surface area (Å²) in [4.78, 5) is 16.7. The molecule has 0 aromatic heterocycles. The second-order valence-electron chi connectivity index (χ2n) is 5.79. The van der Waals surface area contributed by atoms with E-state index in [0.717, 1.165) is 13.0 Å². The average Bonchev–Trinajstić information content (AvgIpc) is 2.86. The molecule has 4 nitrogen and oxygen atoms in total. The molecule has 1 heterocycles. The van der Waals surface area contributed by atoms with Gasteiger partial charge in [0.05, 0.1) is 6.04 Å². The molecule has 4 heteroatoms. The lowest BCUT2D eigenvalue weighted by Gasteiger charge is -2.34. The number of carbonyl (C=O) groups is 1. The third-order valence-corrected chi connectivity index (χ3v) is 4.70. The zero-order valence-corrected chi connectivity index (χ0v) is 11.6. The van der Waals surface area contributed by atoms with E-state index in [4.69, 9.17) is 0 Å². The van der Waals surface area contributed by atoms with E-state index in [0.29, 0.717) is 18.5 Å². The highest BCUT2D eigenvalue weighted by molar-refractivity contribution is 5.82. The fourth-order valence-corrected chi connectivity index (χ4v) is 3.36. The molecule has 0 bridgehead atoms. The topological polar surface area (TPSA) is 43.8 Å². The molecule has 1 N–H and O–H groups in total. The minimum absolute atomic E-state index is 0.0991. The summed E-state index contributed by atoms with van der Waals surface area (Å²) < 4.78 is 0. The molecule has 1 aliphatic heterocycles. The molecule has 1 saturated carbocycles. The maximum absolute atomic E-state index is 12.5. The van der Waals surface area contributed by atoms with E-state index in [1.54, 1.807) is 0 Å². The van der Waals surface area contributed by atoms with Gasteiger partial charge >= 0.3 is 0 Å². The molecule has 0 aromatic carbocycles. The van der Waals surface area contributed by atoms with Crippen LogP contribution in [0.2, 0.25) is 0 Å². The molecule has 2 aliphatic rings. The molecular weight excluding hydrogens is 228 g/mol. The maximum atomic E-state index is 12.5. The van der Waals surface area contributed by atoms with Crippen LogP contribution in [0.4, 0.5) is 0 Å². The number of aliphatic hydroxyl groups excluding tert-OH is 1. The largest absolute Gasteiger partial charge is 0.396 e. The zero-order chi connectivity index (χ0) is 13.1. The Bertz CT molecular complexity index is 290. The fourth-order valence-electron chi connectivity index (χ4n) is 3.36. The van der Waals surface area contributed by atoms with Crippen molar-refractivity contribution in [3.63, 3.8) is 0 Å². The molecule has 1 amide bonds. The van der Waals surface area contributed by atoms with Gasteiger partial charge in [-0.1, -0.05) is 12.8 Å². The lowest BCUT2D eigenvalue weighted by molar-refractivity contribution is -0.136. The molecule has 1 saturated heterocycles. The van der Waals surface area contributed by atoms with Gasteiger partial charge in [-0.15, -0.1) is 0 Å². The molecule has 0 aromatic rings. The van der Waals surface area contributed by atoms with E-state index in [9.17, 15) is 9.90 Å². The highest BCUT2D eigenvalue weighted by atomic mass is 16.3. The first-order valence-electron chi connectivity index (χ1n) is 7.28. The lowest BCUT2D eigenvalue weighted by Crippen LogP contribution is -2.49. The van der Waals surface area contributed by atoms with E-state index < -0.39 is 0 Å². The van der Waals surface area contributed by atoms with Crippen molar-refractivity contribution in [1.82, 2.24) is 9.80 Å². The highest BCUT2D eigenvalue weighted by Crippen LogP contribution is 2.29. The van der Waals surface area contributed by atoms with Crippen LogP contribution in [0, 0.1) is 0 Å². The number of amides is 1. The molecule has 18 heavy (non-hydrogen) atoms. The predicted molar refractivity (Wildman–Crippen MR) is 71.3 cm³/mol. The van der Waals surface area contributed by atoms with E-state index >= 15 is 0 Å². The second-order valence-corrected chi connectivity index (χ2v) is 5.79. The molecule has 2 atom stereocenters. The van der Waals surface area contributed by atoms with Crippen molar-refractivity contribution in [2.75, 3.05) is 20.2 Å². The Balaban J connectivity index is 2.16. The number of likely N-dealkylation sites (N-methyl/N-ethyl adjacent to an activating group) is 1. The maximum Gasteiger partial charge on any atom is 0.240 e. The summed E-state index contributed by atoms with van der Waals surface area (Å²) in [6, 6.07) is 0.766. The van der Waals surface area contributed by atoms with Crippen molar-refractivity contribution in [1.29, 1.82) is 0 Å². The summed E-state index contributed by atoms with van der Waals surface area (Å²) in [5.41, 5.74) is 0. The molecule has 1 aliphatic carbocycles. The van der Waals surface area contributed by atoms with Crippen molar-refractivity contribution in [3.05, 3.63) is 0 Å². The molecule has 104 valence electrons. The van der Waals surface area contributed by atoms with Crippen LogP contribution < -0.4 is 0 Å². The Morgan fingerprint density at radius 3 is 2.56 bits per heavy atom. The van der Waals surface area contributed by atoms with Gasteiger partial charge in [-0.25, -0.2) is 0 Å². The van der Waals surface area contributed by atoms with Gasteiger partial charge in [-0.05, 0) is 32.6 Å². The molecule has 0 spiro atoms. The first kappa shape index (κ1) is 13.8. The minimum atomic E-state index is -0.104. The first-order chi connectivity index (χ1) is 8.65. The SMILES string of the molecule is CC1CCN(C2CCCC2)C(CCO)C(=O)N1C. The average molecular weight is 254 g/mol. The van der Waals surface area contributed by atoms with Crippen LogP contribution in [0.3, 0.4) is 0 Å². The normalized spacial score (nSPS) is 31.9. The van der Waals surface area contributed by atoms with E-state index in [-0.39, 0.29) is 18.6 Å². The summed E-state index contributed by atoms with van der Waals surface area (Å²) in [5.74, 6) is 0.195. The summed E-state index contributed by atoms with van der Waals surface area (Å²) in [6.45, 7) is 3.21. The molecule has 0 radical (unpaired) electrons. The molecule has 2 unspecified atom stereocenters. The van der Waals surface area contributed by atoms with Gasteiger partial charge in [-0.2, -0.15) is 0 Å². The highest BCUT2D eigenvalue weighted by Gasteiger charge is 2.37. The Morgan fingerprint density at radius 2 is 1.94 bits per heavy atom. The van der Waals surface area contributed by atoms with Gasteiger partial charge in [0.15, 0.2) is 0 Å². The van der Waals surface area contributed by atoms with Crippen LogP contribution in [-0.2, 0) is 4.79 Å². The second kappa shape index (κ2) is 6.02. The van der Waals surface area contributed by atoms with Crippen LogP contribution in [-0.4, -0.2) is 59.1 Å². The van der Waals surface area contributed by atoms with Crippen LogP contribution >= 0.6 is 0 Å². The van der Waals surface area contributed by atoms with Gasteiger partial charge in [0, 0.05) is 32.3 Å². The summed E-state index contributed by atoms with van der Waals surface area (Å²) in [6.07, 6.45) is 6.62. The van der Waals surface area contributed by atoms with Gasteiger partial charge in [0.25, 0.3) is 0 Å². The number of rotatable bonds is 3. The molecule has 2 rings (SSSR count). The van der Waals surface area contributed by atoms with Crippen molar-refractivity contribution in [3.8, 4) is 0 Å². The van der Waals surface area contributed by atoms with Gasteiger partial charge in [-0.3, -0.25) is 9.69 Å². The predicted octanol–water partition coefficient (Wildman–Crippen LogP) is 1.23. The summed E-state index contributed by atoms with van der Waals surface area (Å²) in [5, 5.41) is 9.24. The molecular formula is C14H26N2O2. The number of aliphatic hydroxyl groups is 1.